The molecule has 2 unspecified atom stereocenters. The lowest BCUT2D eigenvalue weighted by atomic mass is 9.69. The smallest absolute Gasteiger partial charge is 0.0708 e. The van der Waals surface area contributed by atoms with Crippen LogP contribution in [-0.4, -0.2) is 18.2 Å². The summed E-state index contributed by atoms with van der Waals surface area (Å²) < 4.78 is 5.63. The third kappa shape index (κ3) is 2.46. The molecule has 0 spiro atoms. The van der Waals surface area contributed by atoms with Gasteiger partial charge in [0.05, 0.1) is 5.52 Å². The molecule has 1 aliphatic heterocycles. The van der Waals surface area contributed by atoms with E-state index in [9.17, 15) is 0 Å². The Bertz CT molecular complexity index is 664. The van der Waals surface area contributed by atoms with Gasteiger partial charge < -0.3 is 4.74 Å². The lowest BCUT2D eigenvalue weighted by Gasteiger charge is -2.40. The lowest BCUT2D eigenvalue weighted by Crippen LogP contribution is -2.38. The van der Waals surface area contributed by atoms with Crippen molar-refractivity contribution >= 4 is 10.9 Å². The molecule has 112 valence electrons. The van der Waals surface area contributed by atoms with Crippen LogP contribution in [0.3, 0.4) is 0 Å². The fourth-order valence-electron chi connectivity index (χ4n) is 3.49. The zero-order valence-electron chi connectivity index (χ0n) is 13.6. The van der Waals surface area contributed by atoms with Gasteiger partial charge in [-0.25, -0.2) is 0 Å². The third-order valence-electron chi connectivity index (χ3n) is 5.28. The largest absolute Gasteiger partial charge is 0.381 e. The summed E-state index contributed by atoms with van der Waals surface area (Å²) in [4.78, 5) is 4.69. The second kappa shape index (κ2) is 5.42. The molecule has 0 bridgehead atoms. The number of pyridine rings is 1. The molecule has 2 aromatic rings. The Morgan fingerprint density at radius 2 is 2.14 bits per heavy atom. The number of hydrogen-bond acceptors (Lipinski definition) is 2. The third-order valence-corrected chi connectivity index (χ3v) is 5.28. The second-order valence-corrected chi connectivity index (χ2v) is 6.65. The minimum atomic E-state index is 0.211. The lowest BCUT2D eigenvalue weighted by molar-refractivity contribution is 0.0125. The fourth-order valence-corrected chi connectivity index (χ4v) is 3.49. The van der Waals surface area contributed by atoms with Crippen molar-refractivity contribution in [1.29, 1.82) is 0 Å². The first-order chi connectivity index (χ1) is 10.0. The average molecular weight is 283 g/mol. The summed E-state index contributed by atoms with van der Waals surface area (Å²) in [5.74, 6) is 0.548. The van der Waals surface area contributed by atoms with Crippen molar-refractivity contribution in [3.05, 3.63) is 41.1 Å². The highest BCUT2D eigenvalue weighted by molar-refractivity contribution is 5.83. The first-order valence-corrected chi connectivity index (χ1v) is 8.03. The maximum absolute atomic E-state index is 5.63. The molecule has 0 aliphatic carbocycles. The van der Waals surface area contributed by atoms with E-state index in [1.54, 1.807) is 0 Å². The van der Waals surface area contributed by atoms with Crippen LogP contribution in [0.4, 0.5) is 0 Å². The summed E-state index contributed by atoms with van der Waals surface area (Å²) in [6, 6.07) is 9.07. The van der Waals surface area contributed by atoms with E-state index in [1.165, 1.54) is 16.5 Å². The van der Waals surface area contributed by atoms with Gasteiger partial charge in [-0.2, -0.15) is 0 Å². The number of rotatable bonds is 2. The molecule has 0 N–H and O–H groups in total. The van der Waals surface area contributed by atoms with Gasteiger partial charge in [0.2, 0.25) is 0 Å². The summed E-state index contributed by atoms with van der Waals surface area (Å²) in [5.41, 5.74) is 5.29. The quantitative estimate of drug-likeness (QED) is 0.814. The molecule has 1 aromatic carbocycles. The van der Waals surface area contributed by atoms with Crippen molar-refractivity contribution in [2.24, 2.45) is 5.92 Å². The summed E-state index contributed by atoms with van der Waals surface area (Å²) in [7, 11) is 0. The Morgan fingerprint density at radius 3 is 2.86 bits per heavy atom. The van der Waals surface area contributed by atoms with Crippen molar-refractivity contribution < 1.29 is 4.74 Å². The number of hydrogen-bond donors (Lipinski definition) is 0. The highest BCUT2D eigenvalue weighted by Crippen LogP contribution is 2.39. The maximum Gasteiger partial charge on any atom is 0.0708 e. The zero-order valence-corrected chi connectivity index (χ0v) is 13.6. The number of fused-ring (bicyclic) bond motifs is 1. The molecule has 1 aliphatic rings. The highest BCUT2D eigenvalue weighted by Gasteiger charge is 2.36. The van der Waals surface area contributed by atoms with Gasteiger partial charge in [-0.3, -0.25) is 4.98 Å². The van der Waals surface area contributed by atoms with Crippen LogP contribution in [0, 0.1) is 12.8 Å². The van der Waals surface area contributed by atoms with Crippen LogP contribution in [0.1, 0.15) is 44.0 Å². The summed E-state index contributed by atoms with van der Waals surface area (Å²) in [6.07, 6.45) is 2.15. The Morgan fingerprint density at radius 1 is 1.33 bits per heavy atom. The van der Waals surface area contributed by atoms with Gasteiger partial charge in [-0.15, -0.1) is 0 Å². The van der Waals surface area contributed by atoms with Gasteiger partial charge >= 0.3 is 0 Å². The van der Waals surface area contributed by atoms with Crippen molar-refractivity contribution in [2.45, 2.75) is 46.0 Å². The topological polar surface area (TPSA) is 22.1 Å². The Hall–Kier alpha value is -1.41. The number of aromatic nitrogens is 1. The van der Waals surface area contributed by atoms with Gasteiger partial charge in [0.1, 0.15) is 0 Å². The first-order valence-electron chi connectivity index (χ1n) is 8.03. The van der Waals surface area contributed by atoms with Crippen LogP contribution < -0.4 is 0 Å². The standard InChI is InChI=1S/C19H25NO/c1-5-15-10-14(3)20-18-7-6-16(11-17(15)18)19(4)8-9-21-12-13(19)2/h6-7,10-11,13H,5,8-9,12H2,1-4H3. The number of aryl methyl sites for hydroxylation is 2. The van der Waals surface area contributed by atoms with E-state index in [-0.39, 0.29) is 5.41 Å². The van der Waals surface area contributed by atoms with Crippen molar-refractivity contribution in [3.8, 4) is 0 Å². The SMILES string of the molecule is CCc1cc(C)nc2ccc(C3(C)CCOCC3C)cc12. The molecule has 21 heavy (non-hydrogen) atoms. The molecule has 0 saturated carbocycles. The van der Waals surface area contributed by atoms with E-state index in [0.29, 0.717) is 5.92 Å². The van der Waals surface area contributed by atoms with Crippen LogP contribution in [0.15, 0.2) is 24.3 Å². The predicted molar refractivity (Wildman–Crippen MR) is 87.8 cm³/mol. The van der Waals surface area contributed by atoms with E-state index in [0.717, 1.165) is 37.3 Å². The Labute approximate surface area is 127 Å². The van der Waals surface area contributed by atoms with Crippen LogP contribution in [-0.2, 0) is 16.6 Å². The molecule has 2 nitrogen and oxygen atoms in total. The van der Waals surface area contributed by atoms with E-state index in [2.05, 4.69) is 56.9 Å². The molecule has 1 aromatic heterocycles. The summed E-state index contributed by atoms with van der Waals surface area (Å²) in [5, 5.41) is 1.32. The van der Waals surface area contributed by atoms with Crippen LogP contribution in [0.25, 0.3) is 10.9 Å². The molecule has 0 radical (unpaired) electrons. The highest BCUT2D eigenvalue weighted by atomic mass is 16.5. The Kier molecular flexibility index (Phi) is 3.75. The van der Waals surface area contributed by atoms with Crippen molar-refractivity contribution in [3.63, 3.8) is 0 Å². The van der Waals surface area contributed by atoms with Gasteiger partial charge in [-0.1, -0.05) is 26.8 Å². The van der Waals surface area contributed by atoms with Crippen molar-refractivity contribution in [2.75, 3.05) is 13.2 Å². The van der Waals surface area contributed by atoms with Crippen LogP contribution in [0.5, 0.6) is 0 Å². The number of nitrogens with zero attached hydrogens (tertiary/aromatic N) is 1. The van der Waals surface area contributed by atoms with Gasteiger partial charge in [0.25, 0.3) is 0 Å². The molecule has 2 atom stereocenters. The van der Waals surface area contributed by atoms with Crippen LogP contribution in [0.2, 0.25) is 0 Å². The molecule has 0 amide bonds. The van der Waals surface area contributed by atoms with E-state index >= 15 is 0 Å². The molecule has 2 heterocycles. The monoisotopic (exact) mass is 283 g/mol. The molecule has 1 fully saturated rings. The van der Waals surface area contributed by atoms with Gasteiger partial charge in [0, 0.05) is 24.3 Å². The van der Waals surface area contributed by atoms with Crippen molar-refractivity contribution in [1.82, 2.24) is 4.98 Å². The number of ether oxygens (including phenoxy) is 1. The predicted octanol–water partition coefficient (Wildman–Crippen LogP) is 4.42. The summed E-state index contributed by atoms with van der Waals surface area (Å²) >= 11 is 0. The molecule has 3 rings (SSSR count). The normalized spacial score (nSPS) is 26.2. The zero-order chi connectivity index (χ0) is 15.0. The minimum Gasteiger partial charge on any atom is -0.381 e. The van der Waals surface area contributed by atoms with E-state index < -0.39 is 0 Å². The van der Waals surface area contributed by atoms with Crippen LogP contribution >= 0.6 is 0 Å². The molecule has 1 saturated heterocycles. The first kappa shape index (κ1) is 14.5. The summed E-state index contributed by atoms with van der Waals surface area (Å²) in [6.45, 7) is 10.7. The molecule has 2 heteroatoms. The second-order valence-electron chi connectivity index (χ2n) is 6.65. The number of benzene rings is 1. The van der Waals surface area contributed by atoms with Gasteiger partial charge in [0.15, 0.2) is 0 Å². The average Bonchev–Trinajstić information content (AvgIpc) is 2.49. The fraction of sp³-hybridized carbons (Fsp3) is 0.526. The van der Waals surface area contributed by atoms with E-state index in [4.69, 9.17) is 4.74 Å². The minimum absolute atomic E-state index is 0.211. The maximum atomic E-state index is 5.63. The molecular weight excluding hydrogens is 258 g/mol. The van der Waals surface area contributed by atoms with E-state index in [1.807, 2.05) is 0 Å². The van der Waals surface area contributed by atoms with Gasteiger partial charge in [-0.05, 0) is 60.4 Å². The Balaban J connectivity index is 2.14. The molecular formula is C19H25NO.